The summed E-state index contributed by atoms with van der Waals surface area (Å²) in [6.07, 6.45) is 10.1. The van der Waals surface area contributed by atoms with E-state index in [0.717, 1.165) is 29.9 Å². The molecule has 4 aliphatic rings. The summed E-state index contributed by atoms with van der Waals surface area (Å²) >= 11 is 6.30. The van der Waals surface area contributed by atoms with Crippen molar-refractivity contribution in [2.45, 2.75) is 38.5 Å². The summed E-state index contributed by atoms with van der Waals surface area (Å²) in [5, 5.41) is 0.300. The summed E-state index contributed by atoms with van der Waals surface area (Å²) in [6, 6.07) is 5.69. The molecule has 6 rings (SSSR count). The maximum absolute atomic E-state index is 13.1. The van der Waals surface area contributed by atoms with E-state index >= 15 is 0 Å². The minimum atomic E-state index is -0.0144. The highest BCUT2D eigenvalue weighted by molar-refractivity contribution is 6.32. The zero-order valence-electron chi connectivity index (χ0n) is 14.6. The van der Waals surface area contributed by atoms with Crippen molar-refractivity contribution in [1.29, 1.82) is 0 Å². The van der Waals surface area contributed by atoms with Crippen LogP contribution in [-0.4, -0.2) is 33.8 Å². The van der Waals surface area contributed by atoms with E-state index in [-0.39, 0.29) is 5.91 Å². The molecule has 4 aliphatic carbocycles. The number of nitrogens with zero attached hydrogens (tertiary/aromatic N) is 3. The van der Waals surface area contributed by atoms with Crippen LogP contribution in [0.4, 0.5) is 0 Å². The molecule has 0 N–H and O–H groups in total. The smallest absolute Gasteiger partial charge is 0.273 e. The Hall–Kier alpha value is -1.55. The van der Waals surface area contributed by atoms with Crippen LogP contribution in [0.5, 0.6) is 0 Å². The molecule has 1 amide bonds. The Morgan fingerprint density at radius 2 is 1.88 bits per heavy atom. The van der Waals surface area contributed by atoms with Crippen molar-refractivity contribution in [1.82, 2.24) is 14.3 Å². The monoisotopic (exact) mass is 357 g/mol. The Morgan fingerprint density at radius 1 is 1.24 bits per heavy atom. The first-order valence-electron chi connectivity index (χ1n) is 9.41. The SMILES string of the molecule is CN(CC12CC3CC(CC(C3)C1)C2)C(=O)c1c(Cl)nc2ccccn12. The van der Waals surface area contributed by atoms with Gasteiger partial charge in [0.15, 0.2) is 10.8 Å². The van der Waals surface area contributed by atoms with Crippen LogP contribution in [0.25, 0.3) is 5.65 Å². The largest absolute Gasteiger partial charge is 0.340 e. The molecule has 4 bridgehead atoms. The highest BCUT2D eigenvalue weighted by Gasteiger charge is 2.51. The van der Waals surface area contributed by atoms with E-state index < -0.39 is 0 Å². The van der Waals surface area contributed by atoms with Gasteiger partial charge in [0.25, 0.3) is 5.91 Å². The second-order valence-corrected chi connectivity index (χ2v) is 9.12. The molecule has 4 fully saturated rings. The second-order valence-electron chi connectivity index (χ2n) is 8.76. The van der Waals surface area contributed by atoms with Crippen molar-refractivity contribution in [3.8, 4) is 0 Å². The molecule has 25 heavy (non-hydrogen) atoms. The van der Waals surface area contributed by atoms with Crippen molar-refractivity contribution in [2.75, 3.05) is 13.6 Å². The summed E-state index contributed by atoms with van der Waals surface area (Å²) in [5.74, 6) is 2.68. The van der Waals surface area contributed by atoms with Gasteiger partial charge in [-0.1, -0.05) is 17.7 Å². The maximum Gasteiger partial charge on any atom is 0.273 e. The average molecular weight is 358 g/mol. The lowest BCUT2D eigenvalue weighted by Gasteiger charge is -2.57. The zero-order chi connectivity index (χ0) is 17.2. The molecule has 132 valence electrons. The van der Waals surface area contributed by atoms with Crippen LogP contribution in [0.15, 0.2) is 24.4 Å². The van der Waals surface area contributed by atoms with Gasteiger partial charge in [0.05, 0.1) is 0 Å². The minimum Gasteiger partial charge on any atom is -0.340 e. The first-order valence-corrected chi connectivity index (χ1v) is 9.79. The lowest BCUT2D eigenvalue weighted by Crippen LogP contribution is -2.51. The molecule has 4 saturated carbocycles. The van der Waals surface area contributed by atoms with E-state index in [1.54, 1.807) is 4.40 Å². The quantitative estimate of drug-likeness (QED) is 0.822. The number of carbonyl (C=O) groups excluding carboxylic acids is 1. The predicted octanol–water partition coefficient (Wildman–Crippen LogP) is 4.28. The van der Waals surface area contributed by atoms with Gasteiger partial charge >= 0.3 is 0 Å². The summed E-state index contributed by atoms with van der Waals surface area (Å²) in [7, 11) is 1.93. The average Bonchev–Trinajstić information content (AvgIpc) is 2.88. The first kappa shape index (κ1) is 15.7. The van der Waals surface area contributed by atoms with E-state index in [2.05, 4.69) is 4.98 Å². The molecular weight excluding hydrogens is 334 g/mol. The molecule has 0 radical (unpaired) electrons. The predicted molar refractivity (Wildman–Crippen MR) is 97.8 cm³/mol. The number of amides is 1. The van der Waals surface area contributed by atoms with E-state index in [0.29, 0.717) is 16.3 Å². The number of halogens is 1. The number of carbonyl (C=O) groups is 1. The van der Waals surface area contributed by atoms with Gasteiger partial charge in [-0.05, 0) is 73.8 Å². The van der Waals surface area contributed by atoms with Crippen molar-refractivity contribution in [3.05, 3.63) is 35.2 Å². The van der Waals surface area contributed by atoms with E-state index in [1.807, 2.05) is 36.3 Å². The molecule has 5 heteroatoms. The molecular formula is C20H24ClN3O. The molecule has 0 atom stereocenters. The van der Waals surface area contributed by atoms with Gasteiger partial charge in [-0.3, -0.25) is 9.20 Å². The van der Waals surface area contributed by atoms with Crippen molar-refractivity contribution in [3.63, 3.8) is 0 Å². The fourth-order valence-electron chi connectivity index (χ4n) is 6.40. The van der Waals surface area contributed by atoms with Gasteiger partial charge in [0.1, 0.15) is 5.65 Å². The van der Waals surface area contributed by atoms with Crippen molar-refractivity contribution >= 4 is 23.2 Å². The van der Waals surface area contributed by atoms with Crippen LogP contribution in [0.2, 0.25) is 5.15 Å². The number of aromatic nitrogens is 2. The first-order chi connectivity index (χ1) is 12.0. The molecule has 2 aromatic rings. The highest BCUT2D eigenvalue weighted by atomic mass is 35.5. The molecule has 4 nitrogen and oxygen atoms in total. The Morgan fingerprint density at radius 3 is 2.52 bits per heavy atom. The number of hydrogen-bond donors (Lipinski definition) is 0. The fraction of sp³-hybridized carbons (Fsp3) is 0.600. The van der Waals surface area contributed by atoms with Crippen LogP contribution < -0.4 is 0 Å². The van der Waals surface area contributed by atoms with E-state index in [4.69, 9.17) is 11.6 Å². The molecule has 2 aromatic heterocycles. The Labute approximate surface area is 153 Å². The third-order valence-electron chi connectivity index (χ3n) is 6.77. The standard InChI is InChI=1S/C20H24ClN3O/c1-23(12-20-9-13-6-14(10-20)8-15(7-13)11-20)19(25)17-18(21)22-16-4-2-3-5-24(16)17/h2-5,13-15H,6-12H2,1H3. The zero-order valence-corrected chi connectivity index (χ0v) is 15.4. The molecule has 0 aliphatic heterocycles. The number of hydrogen-bond acceptors (Lipinski definition) is 2. The van der Waals surface area contributed by atoms with Crippen molar-refractivity contribution < 1.29 is 4.79 Å². The minimum absolute atomic E-state index is 0.0144. The molecule has 2 heterocycles. The van der Waals surface area contributed by atoms with Gasteiger partial charge in [-0.2, -0.15) is 0 Å². The van der Waals surface area contributed by atoms with Crippen LogP contribution in [0.3, 0.4) is 0 Å². The van der Waals surface area contributed by atoms with Gasteiger partial charge in [0, 0.05) is 19.8 Å². The van der Waals surface area contributed by atoms with Gasteiger partial charge < -0.3 is 4.90 Å². The summed E-state index contributed by atoms with van der Waals surface area (Å²) in [4.78, 5) is 19.4. The summed E-state index contributed by atoms with van der Waals surface area (Å²) < 4.78 is 1.81. The maximum atomic E-state index is 13.1. The van der Waals surface area contributed by atoms with Crippen LogP contribution in [0.1, 0.15) is 49.0 Å². The fourth-order valence-corrected chi connectivity index (χ4v) is 6.66. The van der Waals surface area contributed by atoms with E-state index in [9.17, 15) is 4.79 Å². The number of rotatable bonds is 3. The number of fused-ring (bicyclic) bond motifs is 1. The van der Waals surface area contributed by atoms with Crippen LogP contribution in [-0.2, 0) is 0 Å². The van der Waals surface area contributed by atoms with Gasteiger partial charge in [-0.15, -0.1) is 0 Å². The summed E-state index contributed by atoms with van der Waals surface area (Å²) in [6.45, 7) is 0.853. The normalized spacial score (nSPS) is 33.1. The van der Waals surface area contributed by atoms with E-state index in [1.165, 1.54) is 38.5 Å². The topological polar surface area (TPSA) is 37.6 Å². The Kier molecular flexibility index (Phi) is 3.43. The number of imidazole rings is 1. The lowest BCUT2D eigenvalue weighted by atomic mass is 9.49. The number of pyridine rings is 1. The third kappa shape index (κ3) is 2.49. The van der Waals surface area contributed by atoms with Gasteiger partial charge in [-0.25, -0.2) is 4.98 Å². The highest BCUT2D eigenvalue weighted by Crippen LogP contribution is 2.60. The Bertz CT molecular complexity index is 807. The molecule has 0 aromatic carbocycles. The molecule has 0 saturated heterocycles. The molecule has 0 spiro atoms. The van der Waals surface area contributed by atoms with Crippen LogP contribution in [0, 0.1) is 23.2 Å². The second kappa shape index (κ2) is 5.47. The third-order valence-corrected chi connectivity index (χ3v) is 7.04. The van der Waals surface area contributed by atoms with Gasteiger partial charge in [0.2, 0.25) is 0 Å². The van der Waals surface area contributed by atoms with Crippen LogP contribution >= 0.6 is 11.6 Å². The summed E-state index contributed by atoms with van der Waals surface area (Å²) in [5.41, 5.74) is 1.55. The lowest BCUT2D eigenvalue weighted by molar-refractivity contribution is -0.0629. The Balaban J connectivity index is 1.42. The van der Waals surface area contributed by atoms with Crippen molar-refractivity contribution in [2.24, 2.45) is 23.2 Å². The molecule has 0 unspecified atom stereocenters.